The number of piperidine rings is 1. The Morgan fingerprint density at radius 2 is 1.96 bits per heavy atom. The highest BCUT2D eigenvalue weighted by Gasteiger charge is 2.20. The lowest BCUT2D eigenvalue weighted by Crippen LogP contribution is -2.39. The molecule has 8 heteroatoms. The van der Waals surface area contributed by atoms with E-state index in [4.69, 9.17) is 33.7 Å². The van der Waals surface area contributed by atoms with Gasteiger partial charge < -0.3 is 20.7 Å². The summed E-state index contributed by atoms with van der Waals surface area (Å²) < 4.78 is 6.03. The van der Waals surface area contributed by atoms with E-state index in [0.29, 0.717) is 16.0 Å². The molecule has 0 unspecified atom stereocenters. The minimum absolute atomic E-state index is 0.203. The molecule has 26 heavy (non-hydrogen) atoms. The molecule has 0 bridgehead atoms. The van der Waals surface area contributed by atoms with Crippen molar-refractivity contribution in [2.24, 2.45) is 0 Å². The molecule has 1 fully saturated rings. The van der Waals surface area contributed by atoms with E-state index in [0.717, 1.165) is 56.2 Å². The molecule has 0 atom stereocenters. The molecule has 0 spiro atoms. The molecule has 0 aliphatic carbocycles. The van der Waals surface area contributed by atoms with Crippen LogP contribution < -0.4 is 15.8 Å². The quantitative estimate of drug-likeness (QED) is 0.779. The van der Waals surface area contributed by atoms with Crippen molar-refractivity contribution in [3.05, 3.63) is 40.0 Å². The van der Waals surface area contributed by atoms with Crippen LogP contribution in [0.3, 0.4) is 0 Å². The Hall–Kier alpha value is -1.76. The molecule has 1 aromatic carbocycles. The fourth-order valence-corrected chi connectivity index (χ4v) is 3.33. The summed E-state index contributed by atoms with van der Waals surface area (Å²) in [5.74, 6) is 1.83. The lowest BCUT2D eigenvalue weighted by atomic mass is 10.1. The van der Waals surface area contributed by atoms with Crippen LogP contribution in [-0.2, 0) is 6.42 Å². The molecule has 6 nitrogen and oxygen atoms in total. The van der Waals surface area contributed by atoms with Gasteiger partial charge in [-0.05, 0) is 25.0 Å². The average molecular weight is 396 g/mol. The second kappa shape index (κ2) is 8.75. The van der Waals surface area contributed by atoms with Crippen LogP contribution in [0.2, 0.25) is 10.0 Å². The summed E-state index contributed by atoms with van der Waals surface area (Å²) in [6.45, 7) is 2.93. The molecule has 3 rings (SSSR count). The molecule has 1 aromatic heterocycles. The van der Waals surface area contributed by atoms with Gasteiger partial charge in [-0.25, -0.2) is 4.98 Å². The minimum atomic E-state index is 0.203. The number of hydrogen-bond acceptors (Lipinski definition) is 6. The normalized spacial score (nSPS) is 15.8. The third-order valence-electron chi connectivity index (χ3n) is 4.47. The average Bonchev–Trinajstić information content (AvgIpc) is 2.64. The van der Waals surface area contributed by atoms with Gasteiger partial charge in [-0.3, -0.25) is 0 Å². The van der Waals surface area contributed by atoms with Gasteiger partial charge in [0.15, 0.2) is 0 Å². The maximum Gasteiger partial charge on any atom is 0.222 e. The lowest BCUT2D eigenvalue weighted by Gasteiger charge is -2.32. The number of anilines is 2. The molecule has 2 heterocycles. The van der Waals surface area contributed by atoms with Crippen molar-refractivity contribution in [3.8, 4) is 5.75 Å². The molecule has 3 N–H and O–H groups in total. The highest BCUT2D eigenvalue weighted by molar-refractivity contribution is 6.42. The van der Waals surface area contributed by atoms with Crippen LogP contribution >= 0.6 is 23.2 Å². The van der Waals surface area contributed by atoms with E-state index < -0.39 is 0 Å². The van der Waals surface area contributed by atoms with Gasteiger partial charge in [0, 0.05) is 50.9 Å². The van der Waals surface area contributed by atoms with E-state index in [-0.39, 0.29) is 6.10 Å². The zero-order valence-corrected chi connectivity index (χ0v) is 16.2. The Bertz CT molecular complexity index is 750. The standard InChI is InChI=1S/C18H23Cl2N5O/c1-22-17-10-12(23-18(21)24-17)4-7-25-8-5-13(6-9-25)26-14-2-3-15(19)16(20)11-14/h2-3,10-11,13H,4-9H2,1H3,(H3,21,22,23,24). The largest absolute Gasteiger partial charge is 0.490 e. The first-order valence-electron chi connectivity index (χ1n) is 8.69. The Kier molecular flexibility index (Phi) is 6.40. The van der Waals surface area contributed by atoms with Crippen LogP contribution in [-0.4, -0.2) is 47.7 Å². The predicted molar refractivity (Wildman–Crippen MR) is 106 cm³/mol. The van der Waals surface area contributed by atoms with Crippen molar-refractivity contribution < 1.29 is 4.74 Å². The predicted octanol–water partition coefficient (Wildman–Crippen LogP) is 3.49. The van der Waals surface area contributed by atoms with Crippen molar-refractivity contribution in [1.29, 1.82) is 0 Å². The summed E-state index contributed by atoms with van der Waals surface area (Å²) in [5, 5.41) is 4.07. The summed E-state index contributed by atoms with van der Waals surface area (Å²) in [6.07, 6.45) is 3.01. The number of rotatable bonds is 6. The number of halogens is 2. The van der Waals surface area contributed by atoms with Crippen LogP contribution in [0.25, 0.3) is 0 Å². The second-order valence-corrected chi connectivity index (χ2v) is 7.15. The van der Waals surface area contributed by atoms with Gasteiger partial charge >= 0.3 is 0 Å². The molecule has 2 aromatic rings. The molecular formula is C18H23Cl2N5O. The van der Waals surface area contributed by atoms with Gasteiger partial charge in [-0.1, -0.05) is 23.2 Å². The highest BCUT2D eigenvalue weighted by Crippen LogP contribution is 2.28. The molecular weight excluding hydrogens is 373 g/mol. The number of nitrogens with one attached hydrogen (secondary N) is 1. The number of likely N-dealkylation sites (tertiary alicyclic amines) is 1. The van der Waals surface area contributed by atoms with E-state index in [2.05, 4.69) is 20.2 Å². The number of nitrogen functional groups attached to an aromatic ring is 1. The third kappa shape index (κ3) is 5.13. The number of nitrogens with two attached hydrogens (primary N) is 1. The minimum Gasteiger partial charge on any atom is -0.490 e. The fourth-order valence-electron chi connectivity index (χ4n) is 3.04. The monoisotopic (exact) mass is 395 g/mol. The van der Waals surface area contributed by atoms with Gasteiger partial charge in [0.2, 0.25) is 5.95 Å². The number of benzene rings is 1. The number of nitrogens with zero attached hydrogens (tertiary/aromatic N) is 3. The fraction of sp³-hybridized carbons (Fsp3) is 0.444. The van der Waals surface area contributed by atoms with E-state index in [1.807, 2.05) is 19.2 Å². The number of ether oxygens (including phenoxy) is 1. The Labute approximate surface area is 163 Å². The summed E-state index contributed by atoms with van der Waals surface area (Å²) in [4.78, 5) is 10.8. The smallest absolute Gasteiger partial charge is 0.222 e. The second-order valence-electron chi connectivity index (χ2n) is 6.34. The number of aromatic nitrogens is 2. The van der Waals surface area contributed by atoms with Crippen LogP contribution in [0.4, 0.5) is 11.8 Å². The van der Waals surface area contributed by atoms with Crippen molar-refractivity contribution >= 4 is 35.0 Å². The maximum atomic E-state index is 6.04. The zero-order valence-electron chi connectivity index (χ0n) is 14.7. The molecule has 1 saturated heterocycles. The van der Waals surface area contributed by atoms with Crippen LogP contribution in [0, 0.1) is 0 Å². The third-order valence-corrected chi connectivity index (χ3v) is 5.20. The summed E-state index contributed by atoms with van der Waals surface area (Å²) in [6, 6.07) is 7.34. The van der Waals surface area contributed by atoms with Crippen LogP contribution in [0.1, 0.15) is 18.5 Å². The Balaban J connectivity index is 1.46. The van der Waals surface area contributed by atoms with E-state index in [1.54, 1.807) is 12.1 Å². The summed E-state index contributed by atoms with van der Waals surface area (Å²) in [5.41, 5.74) is 6.70. The van der Waals surface area contributed by atoms with Gasteiger partial charge in [-0.2, -0.15) is 4.98 Å². The molecule has 0 amide bonds. The van der Waals surface area contributed by atoms with Gasteiger partial charge in [-0.15, -0.1) is 0 Å². The summed E-state index contributed by atoms with van der Waals surface area (Å²) >= 11 is 12.0. The van der Waals surface area contributed by atoms with Gasteiger partial charge in [0.1, 0.15) is 17.7 Å². The van der Waals surface area contributed by atoms with Gasteiger partial charge in [0.05, 0.1) is 10.0 Å². The summed E-state index contributed by atoms with van der Waals surface area (Å²) in [7, 11) is 1.82. The molecule has 1 aliphatic heterocycles. The Morgan fingerprint density at radius 1 is 1.19 bits per heavy atom. The lowest BCUT2D eigenvalue weighted by molar-refractivity contribution is 0.101. The van der Waals surface area contributed by atoms with Crippen molar-refractivity contribution in [2.75, 3.05) is 37.7 Å². The van der Waals surface area contributed by atoms with Gasteiger partial charge in [0.25, 0.3) is 0 Å². The van der Waals surface area contributed by atoms with E-state index in [1.165, 1.54) is 0 Å². The zero-order chi connectivity index (χ0) is 18.5. The number of hydrogen-bond donors (Lipinski definition) is 2. The van der Waals surface area contributed by atoms with Crippen molar-refractivity contribution in [3.63, 3.8) is 0 Å². The maximum absolute atomic E-state index is 6.04. The van der Waals surface area contributed by atoms with E-state index in [9.17, 15) is 0 Å². The molecule has 0 saturated carbocycles. The SMILES string of the molecule is CNc1cc(CCN2CCC(Oc3ccc(Cl)c(Cl)c3)CC2)nc(N)n1. The van der Waals surface area contributed by atoms with E-state index >= 15 is 0 Å². The Morgan fingerprint density at radius 3 is 2.65 bits per heavy atom. The molecule has 1 aliphatic rings. The first kappa shape index (κ1) is 19.0. The van der Waals surface area contributed by atoms with Crippen molar-refractivity contribution in [1.82, 2.24) is 14.9 Å². The first-order valence-corrected chi connectivity index (χ1v) is 9.44. The topological polar surface area (TPSA) is 76.3 Å². The molecule has 140 valence electrons. The van der Waals surface area contributed by atoms with Crippen LogP contribution in [0.15, 0.2) is 24.3 Å². The molecule has 0 radical (unpaired) electrons. The van der Waals surface area contributed by atoms with Crippen LogP contribution in [0.5, 0.6) is 5.75 Å². The highest BCUT2D eigenvalue weighted by atomic mass is 35.5. The first-order chi connectivity index (χ1) is 12.5. The van der Waals surface area contributed by atoms with Crippen molar-refractivity contribution in [2.45, 2.75) is 25.4 Å².